The Balaban J connectivity index is 1.38. The summed E-state index contributed by atoms with van der Waals surface area (Å²) in [5, 5.41) is 10.5. The first-order valence-corrected chi connectivity index (χ1v) is 17.4. The van der Waals surface area contributed by atoms with Crippen molar-refractivity contribution in [2.24, 2.45) is 5.41 Å². The summed E-state index contributed by atoms with van der Waals surface area (Å²) >= 11 is 0. The number of benzene rings is 1. The monoisotopic (exact) mass is 656 g/mol. The van der Waals surface area contributed by atoms with Gasteiger partial charge in [-0.15, -0.1) is 0 Å². The zero-order valence-electron chi connectivity index (χ0n) is 30.0. The lowest BCUT2D eigenvalue weighted by Gasteiger charge is -2.41. The highest BCUT2D eigenvalue weighted by Crippen LogP contribution is 2.45. The SMILES string of the molecule is Cc1nc(N2CCOCC2)cc(N2CCc3cc(-c4c(C)nc(C)c([C@H](OC(C)(C)C)C(=O)O)c4N4CCC(C)(C)CC4)ccc3C2)n1. The van der Waals surface area contributed by atoms with E-state index in [2.05, 4.69) is 59.7 Å². The van der Waals surface area contributed by atoms with Gasteiger partial charge in [-0.2, -0.15) is 0 Å². The van der Waals surface area contributed by atoms with Crippen molar-refractivity contribution in [2.45, 2.75) is 92.9 Å². The standard InChI is InChI=1S/C38H52N6O4/c1-24-32(34(43-15-12-38(7,8)13-16-43)33(25(2)39-24)35(36(45)46)48-37(4,5)6)28-9-10-29-23-44(14-11-27(29)21-28)31-22-30(40-26(3)41-31)42-17-19-47-20-18-42/h9-10,21-22,35H,11-20,23H2,1-8H3,(H,45,46)/t35-/m0/s1. The summed E-state index contributed by atoms with van der Waals surface area (Å²) in [5.74, 6) is 1.70. The van der Waals surface area contributed by atoms with Gasteiger partial charge >= 0.3 is 5.97 Å². The van der Waals surface area contributed by atoms with E-state index in [0.717, 1.165) is 98.5 Å². The van der Waals surface area contributed by atoms with Crippen LogP contribution in [-0.2, 0) is 27.2 Å². The number of pyridine rings is 1. The van der Waals surface area contributed by atoms with Crippen molar-refractivity contribution >= 4 is 23.3 Å². The fraction of sp³-hybridized carbons (Fsp3) is 0.579. The van der Waals surface area contributed by atoms with Gasteiger partial charge in [-0.25, -0.2) is 14.8 Å². The smallest absolute Gasteiger partial charge is 0.337 e. The lowest BCUT2D eigenvalue weighted by Crippen LogP contribution is -2.39. The molecule has 2 aromatic heterocycles. The highest BCUT2D eigenvalue weighted by Gasteiger charge is 2.37. The van der Waals surface area contributed by atoms with Gasteiger partial charge in [0.1, 0.15) is 17.5 Å². The topological polar surface area (TPSA) is 104 Å². The van der Waals surface area contributed by atoms with Crippen molar-refractivity contribution in [2.75, 3.05) is 60.6 Å². The first-order valence-electron chi connectivity index (χ1n) is 17.4. The maximum absolute atomic E-state index is 12.9. The van der Waals surface area contributed by atoms with Crippen LogP contribution >= 0.6 is 0 Å². The lowest BCUT2D eigenvalue weighted by atomic mass is 9.81. The molecule has 10 nitrogen and oxygen atoms in total. The molecule has 6 rings (SSSR count). The van der Waals surface area contributed by atoms with E-state index in [1.54, 1.807) is 0 Å². The van der Waals surface area contributed by atoms with Crippen molar-refractivity contribution in [3.63, 3.8) is 0 Å². The van der Waals surface area contributed by atoms with E-state index in [-0.39, 0.29) is 5.41 Å². The van der Waals surface area contributed by atoms with E-state index < -0.39 is 17.7 Å². The lowest BCUT2D eigenvalue weighted by molar-refractivity contribution is -0.160. The average Bonchev–Trinajstić information content (AvgIpc) is 3.03. The van der Waals surface area contributed by atoms with E-state index in [1.165, 1.54) is 11.1 Å². The Labute approximate surface area is 285 Å². The van der Waals surface area contributed by atoms with Crippen LogP contribution in [0.15, 0.2) is 24.3 Å². The maximum atomic E-state index is 12.9. The fourth-order valence-corrected chi connectivity index (χ4v) is 7.31. The molecule has 1 atom stereocenters. The first kappa shape index (κ1) is 34.1. The Morgan fingerprint density at radius 2 is 1.54 bits per heavy atom. The average molecular weight is 657 g/mol. The number of piperidine rings is 1. The van der Waals surface area contributed by atoms with Gasteiger partial charge in [-0.05, 0) is 82.9 Å². The number of carbonyl (C=O) groups is 1. The Morgan fingerprint density at radius 3 is 2.19 bits per heavy atom. The molecule has 2 saturated heterocycles. The summed E-state index contributed by atoms with van der Waals surface area (Å²) in [6.07, 6.45) is 1.80. The second-order valence-electron chi connectivity index (χ2n) is 15.4. The summed E-state index contributed by atoms with van der Waals surface area (Å²) in [6.45, 7) is 22.7. The molecule has 0 spiro atoms. The molecule has 1 N–H and O–H groups in total. The molecule has 2 fully saturated rings. The van der Waals surface area contributed by atoms with Crippen LogP contribution in [0.4, 0.5) is 17.3 Å². The van der Waals surface area contributed by atoms with Gasteiger partial charge < -0.3 is 29.3 Å². The molecule has 1 aromatic carbocycles. The molecule has 3 aliphatic rings. The molecule has 0 aliphatic carbocycles. The van der Waals surface area contributed by atoms with E-state index in [9.17, 15) is 9.90 Å². The highest BCUT2D eigenvalue weighted by molar-refractivity contribution is 5.88. The first-order chi connectivity index (χ1) is 22.7. The summed E-state index contributed by atoms with van der Waals surface area (Å²) in [5.41, 5.74) is 7.47. The molecule has 0 amide bonds. The van der Waals surface area contributed by atoms with Crippen LogP contribution in [0.25, 0.3) is 11.1 Å². The second kappa shape index (κ2) is 13.3. The van der Waals surface area contributed by atoms with Crippen LogP contribution in [0.1, 0.15) is 87.5 Å². The number of carboxylic acid groups (broad SMARTS) is 1. The zero-order valence-corrected chi connectivity index (χ0v) is 30.0. The fourth-order valence-electron chi connectivity index (χ4n) is 7.31. The minimum atomic E-state index is -1.13. The number of nitrogens with zero attached hydrogens (tertiary/aromatic N) is 6. The minimum absolute atomic E-state index is 0.241. The molecular formula is C38H52N6O4. The molecule has 0 unspecified atom stereocenters. The summed E-state index contributed by atoms with van der Waals surface area (Å²) < 4.78 is 11.8. The molecule has 48 heavy (non-hydrogen) atoms. The predicted octanol–water partition coefficient (Wildman–Crippen LogP) is 6.43. The number of anilines is 3. The van der Waals surface area contributed by atoms with Gasteiger partial charge in [0.05, 0.1) is 24.5 Å². The molecule has 0 saturated carbocycles. The Bertz CT molecular complexity index is 1670. The molecule has 258 valence electrons. The van der Waals surface area contributed by atoms with Gasteiger partial charge in [0.2, 0.25) is 0 Å². The Hall–Kier alpha value is -3.76. The third-order valence-electron chi connectivity index (χ3n) is 9.95. The number of morpholine rings is 1. The highest BCUT2D eigenvalue weighted by atomic mass is 16.5. The van der Waals surface area contributed by atoms with Crippen LogP contribution < -0.4 is 14.7 Å². The van der Waals surface area contributed by atoms with Gasteiger partial charge in [-0.1, -0.05) is 32.0 Å². The quantitative estimate of drug-likeness (QED) is 0.306. The third kappa shape index (κ3) is 7.29. The molecular weight excluding hydrogens is 604 g/mol. The van der Waals surface area contributed by atoms with E-state index in [0.29, 0.717) is 24.5 Å². The maximum Gasteiger partial charge on any atom is 0.337 e. The van der Waals surface area contributed by atoms with Crippen LogP contribution in [0.5, 0.6) is 0 Å². The van der Waals surface area contributed by atoms with Gasteiger partial charge in [0.25, 0.3) is 0 Å². The number of carboxylic acids is 1. The van der Waals surface area contributed by atoms with E-state index in [4.69, 9.17) is 24.4 Å². The molecule has 0 bridgehead atoms. The summed E-state index contributed by atoms with van der Waals surface area (Å²) in [4.78, 5) is 34.4. The largest absolute Gasteiger partial charge is 0.479 e. The van der Waals surface area contributed by atoms with E-state index in [1.807, 2.05) is 34.6 Å². The van der Waals surface area contributed by atoms with Gasteiger partial charge in [0, 0.05) is 67.8 Å². The Kier molecular flexibility index (Phi) is 9.43. The number of hydrogen-bond donors (Lipinski definition) is 1. The number of rotatable bonds is 7. The van der Waals surface area contributed by atoms with Crippen molar-refractivity contribution in [1.29, 1.82) is 0 Å². The van der Waals surface area contributed by atoms with Gasteiger partial charge in [-0.3, -0.25) is 4.98 Å². The van der Waals surface area contributed by atoms with Crippen LogP contribution in [0.3, 0.4) is 0 Å². The van der Waals surface area contributed by atoms with Crippen LogP contribution in [0.2, 0.25) is 0 Å². The molecule has 3 aliphatic heterocycles. The number of aliphatic carboxylic acids is 1. The second-order valence-corrected chi connectivity index (χ2v) is 15.4. The van der Waals surface area contributed by atoms with E-state index >= 15 is 0 Å². The number of ether oxygens (including phenoxy) is 2. The van der Waals surface area contributed by atoms with Gasteiger partial charge in [0.15, 0.2) is 6.10 Å². The zero-order chi connectivity index (χ0) is 34.4. The number of aromatic nitrogens is 3. The van der Waals surface area contributed by atoms with Crippen LogP contribution in [0, 0.1) is 26.2 Å². The normalized spacial score (nSPS) is 18.9. The predicted molar refractivity (Wildman–Crippen MR) is 190 cm³/mol. The van der Waals surface area contributed by atoms with Crippen molar-refractivity contribution in [3.05, 3.63) is 58.2 Å². The summed E-state index contributed by atoms with van der Waals surface area (Å²) in [7, 11) is 0. The minimum Gasteiger partial charge on any atom is -0.479 e. The summed E-state index contributed by atoms with van der Waals surface area (Å²) in [6, 6.07) is 8.84. The van der Waals surface area contributed by atoms with Crippen LogP contribution in [-0.4, -0.2) is 77.6 Å². The number of aryl methyl sites for hydroxylation is 3. The third-order valence-corrected chi connectivity index (χ3v) is 9.95. The van der Waals surface area contributed by atoms with Crippen molar-refractivity contribution in [1.82, 2.24) is 15.0 Å². The number of hydrogen-bond acceptors (Lipinski definition) is 9. The molecule has 3 aromatic rings. The number of fused-ring (bicyclic) bond motifs is 1. The van der Waals surface area contributed by atoms with Crippen molar-refractivity contribution < 1.29 is 19.4 Å². The molecule has 5 heterocycles. The molecule has 0 radical (unpaired) electrons. The van der Waals surface area contributed by atoms with Crippen molar-refractivity contribution in [3.8, 4) is 11.1 Å². The molecule has 10 heteroatoms. The Morgan fingerprint density at radius 1 is 0.875 bits per heavy atom.